The van der Waals surface area contributed by atoms with Crippen LogP contribution in [0.1, 0.15) is 123 Å². The Morgan fingerprint density at radius 3 is 1.48 bits per heavy atom. The van der Waals surface area contributed by atoms with Crippen LogP contribution in [0.2, 0.25) is 0 Å². The number of unbranched alkanes of at least 4 members (excludes halogenated alkanes) is 12. The number of aliphatic hydroxyl groups is 1. The number of rotatable bonds is 19. The Morgan fingerprint density at radius 1 is 0.704 bits per heavy atom. The zero-order valence-corrected chi connectivity index (χ0v) is 22.2. The molecule has 0 aromatic carbocycles. The Morgan fingerprint density at radius 2 is 1.07 bits per heavy atom. The van der Waals surface area contributed by atoms with Gasteiger partial charge >= 0.3 is 51.4 Å². The third-order valence-electron chi connectivity index (χ3n) is 5.21. The van der Waals surface area contributed by atoms with E-state index in [0.717, 1.165) is 44.9 Å². The average Bonchev–Trinajstić information content (AvgIpc) is 2.58. The molecule has 0 spiro atoms. The van der Waals surface area contributed by atoms with Crippen LogP contribution in [0.4, 0.5) is 0 Å². The molecule has 0 aliphatic rings. The Kier molecular flexibility index (Phi) is 23.6. The molecule has 2 atom stereocenters. The Bertz CT molecular complexity index is 401. The fraction of sp³-hybridized carbons (Fsp3) is 1.00. The Hall–Kier alpha value is 1.51. The summed E-state index contributed by atoms with van der Waals surface area (Å²) in [5.74, 6) is 0. The predicted molar refractivity (Wildman–Crippen MR) is 109 cm³/mol. The molecule has 0 aliphatic heterocycles. The fourth-order valence-corrected chi connectivity index (χ4v) is 4.38. The summed E-state index contributed by atoms with van der Waals surface area (Å²) in [5.41, 5.74) is 0. The molecule has 4 nitrogen and oxygen atoms in total. The van der Waals surface area contributed by atoms with Crippen LogP contribution in [0.5, 0.6) is 0 Å². The van der Waals surface area contributed by atoms with Crippen molar-refractivity contribution in [2.75, 3.05) is 0 Å². The van der Waals surface area contributed by atoms with Gasteiger partial charge in [0.15, 0.2) is 0 Å². The molecule has 0 rings (SSSR count). The third-order valence-corrected chi connectivity index (χ3v) is 6.46. The van der Waals surface area contributed by atoms with Crippen molar-refractivity contribution in [1.82, 2.24) is 0 Å². The van der Waals surface area contributed by atoms with Gasteiger partial charge in [-0.15, -0.1) is 0 Å². The van der Waals surface area contributed by atoms with E-state index < -0.39 is 21.5 Å². The second-order valence-corrected chi connectivity index (χ2v) is 9.48. The molecule has 1 N–H and O–H groups in total. The molecule has 0 radical (unpaired) electrons. The van der Waals surface area contributed by atoms with Crippen molar-refractivity contribution in [3.05, 3.63) is 0 Å². The van der Waals surface area contributed by atoms with Crippen LogP contribution in [-0.4, -0.2) is 29.4 Å². The first kappa shape index (κ1) is 30.7. The van der Waals surface area contributed by atoms with E-state index >= 15 is 0 Å². The van der Waals surface area contributed by atoms with E-state index in [1.807, 2.05) is 0 Å². The van der Waals surface area contributed by atoms with Crippen LogP contribution in [0, 0.1) is 0 Å². The molecule has 0 aromatic rings. The van der Waals surface area contributed by atoms with Crippen LogP contribution in [0.15, 0.2) is 0 Å². The van der Waals surface area contributed by atoms with E-state index in [1.54, 1.807) is 0 Å². The molecule has 0 aliphatic carbocycles. The van der Waals surface area contributed by atoms with Crippen LogP contribution in [-0.2, 0) is 10.1 Å². The third kappa shape index (κ3) is 20.6. The van der Waals surface area contributed by atoms with Gasteiger partial charge in [-0.3, -0.25) is 0 Å². The van der Waals surface area contributed by atoms with Crippen molar-refractivity contribution >= 4 is 10.1 Å². The smallest absolute Gasteiger partial charge is 0.748 e. The molecule has 0 heterocycles. The summed E-state index contributed by atoms with van der Waals surface area (Å²) < 4.78 is 34.3. The molecule has 158 valence electrons. The van der Waals surface area contributed by atoms with E-state index in [1.165, 1.54) is 44.9 Å². The van der Waals surface area contributed by atoms with Crippen molar-refractivity contribution in [1.29, 1.82) is 0 Å². The van der Waals surface area contributed by atoms with E-state index in [-0.39, 0.29) is 57.8 Å². The van der Waals surface area contributed by atoms with Crippen LogP contribution in [0.25, 0.3) is 0 Å². The van der Waals surface area contributed by atoms with Gasteiger partial charge in [-0.05, 0) is 19.3 Å². The van der Waals surface area contributed by atoms with Crippen LogP contribution >= 0.6 is 0 Å². The summed E-state index contributed by atoms with van der Waals surface area (Å²) in [4.78, 5) is 0. The maximum absolute atomic E-state index is 11.4. The Labute approximate surface area is 211 Å². The molecule has 6 heteroatoms. The maximum Gasteiger partial charge on any atom is 1.00 e. The largest absolute Gasteiger partial charge is 1.00 e. The van der Waals surface area contributed by atoms with Gasteiger partial charge < -0.3 is 9.66 Å². The summed E-state index contributed by atoms with van der Waals surface area (Å²) in [6, 6.07) is 0. The van der Waals surface area contributed by atoms with Gasteiger partial charge in [0.05, 0.1) is 21.5 Å². The van der Waals surface area contributed by atoms with E-state index in [4.69, 9.17) is 0 Å². The molecule has 0 amide bonds. The SMILES string of the molecule is CCCCCCCCCCCC(O)CC(CCCCCCC)S(=O)(=O)[O-].[K+]. The van der Waals surface area contributed by atoms with E-state index in [2.05, 4.69) is 13.8 Å². The van der Waals surface area contributed by atoms with E-state index in [0.29, 0.717) is 12.8 Å². The number of hydrogen-bond donors (Lipinski definition) is 1. The molecule has 2 unspecified atom stereocenters. The van der Waals surface area contributed by atoms with Gasteiger partial charge in [0, 0.05) is 0 Å². The van der Waals surface area contributed by atoms with Crippen molar-refractivity contribution in [3.63, 3.8) is 0 Å². The standard InChI is InChI=1S/C21H44O4S.K/c1-3-5-7-9-10-11-12-14-15-17-20(22)19-21(26(23,24)25)18-16-13-8-6-4-2;/h20-22H,3-19H2,1-2H3,(H,23,24,25);/q;+1/p-1. The average molecular weight is 431 g/mol. The van der Waals surface area contributed by atoms with Crippen molar-refractivity contribution in [2.45, 2.75) is 134 Å². The topological polar surface area (TPSA) is 77.4 Å². The first-order valence-electron chi connectivity index (χ1n) is 11.0. The van der Waals surface area contributed by atoms with E-state index in [9.17, 15) is 18.1 Å². The van der Waals surface area contributed by atoms with Crippen molar-refractivity contribution in [2.24, 2.45) is 0 Å². The molecule has 0 saturated carbocycles. The zero-order valence-electron chi connectivity index (χ0n) is 18.3. The normalized spacial score (nSPS) is 13.9. The predicted octanol–water partition coefficient (Wildman–Crippen LogP) is 2.94. The van der Waals surface area contributed by atoms with Crippen molar-refractivity contribution in [3.8, 4) is 0 Å². The quantitative estimate of drug-likeness (QED) is 0.194. The number of aliphatic hydroxyl groups excluding tert-OH is 1. The monoisotopic (exact) mass is 430 g/mol. The van der Waals surface area contributed by atoms with Gasteiger partial charge in [-0.25, -0.2) is 8.42 Å². The molecule has 0 bridgehead atoms. The van der Waals surface area contributed by atoms with Gasteiger partial charge in [-0.1, -0.05) is 104 Å². The minimum Gasteiger partial charge on any atom is -0.748 e. The molecular weight excluding hydrogens is 387 g/mol. The van der Waals surface area contributed by atoms with Crippen LogP contribution < -0.4 is 51.4 Å². The molecule has 0 fully saturated rings. The maximum atomic E-state index is 11.4. The van der Waals surface area contributed by atoms with Gasteiger partial charge in [-0.2, -0.15) is 0 Å². The first-order chi connectivity index (χ1) is 12.4. The molecule has 0 saturated heterocycles. The molecule has 0 aromatic heterocycles. The van der Waals surface area contributed by atoms with Crippen LogP contribution in [0.3, 0.4) is 0 Å². The summed E-state index contributed by atoms with van der Waals surface area (Å²) in [6.45, 7) is 4.36. The minimum absolute atomic E-state index is 0. The molecular formula is C21H43KO4S. The zero-order chi connectivity index (χ0) is 19.7. The van der Waals surface area contributed by atoms with Gasteiger partial charge in [0.1, 0.15) is 0 Å². The minimum atomic E-state index is -4.31. The molecule has 27 heavy (non-hydrogen) atoms. The summed E-state index contributed by atoms with van der Waals surface area (Å²) in [5, 5.41) is 9.20. The van der Waals surface area contributed by atoms with Gasteiger partial charge in [0.25, 0.3) is 0 Å². The Balaban J connectivity index is 0. The first-order valence-corrected chi connectivity index (χ1v) is 12.5. The second kappa shape index (κ2) is 20.8. The van der Waals surface area contributed by atoms with Gasteiger partial charge in [0.2, 0.25) is 0 Å². The summed E-state index contributed by atoms with van der Waals surface area (Å²) >= 11 is 0. The fourth-order valence-electron chi connectivity index (χ4n) is 3.47. The second-order valence-electron chi connectivity index (χ2n) is 7.82. The summed E-state index contributed by atoms with van der Waals surface area (Å²) in [7, 11) is -4.31. The number of hydrogen-bond acceptors (Lipinski definition) is 4. The summed E-state index contributed by atoms with van der Waals surface area (Å²) in [6.07, 6.45) is 16.5. The van der Waals surface area contributed by atoms with Crippen molar-refractivity contribution < 1.29 is 69.5 Å².